The Bertz CT molecular complexity index is 512. The predicted molar refractivity (Wildman–Crippen MR) is 75.8 cm³/mol. The lowest BCUT2D eigenvalue weighted by atomic mass is 9.89. The van der Waals surface area contributed by atoms with Crippen molar-refractivity contribution in [1.29, 1.82) is 0 Å². The topological polar surface area (TPSA) is 79.7 Å². The Balaban J connectivity index is 2.08. The summed E-state index contributed by atoms with van der Waals surface area (Å²) in [4.78, 5) is 32.3. The molecule has 1 saturated carbocycles. The Hall–Kier alpha value is -1.95. The number of pyridine rings is 1. The molecule has 6 heteroatoms. The lowest BCUT2D eigenvalue weighted by molar-refractivity contribution is -0.105. The number of carbonyl (C=O) groups excluding carboxylic acids is 1. The maximum atomic E-state index is 12.4. The van der Waals surface area contributed by atoms with Gasteiger partial charge in [0, 0.05) is 12.4 Å². The molecular formula is C15H20N2O4. The van der Waals surface area contributed by atoms with Gasteiger partial charge in [-0.3, -0.25) is 14.6 Å². The van der Waals surface area contributed by atoms with E-state index in [1.165, 1.54) is 49.9 Å². The van der Waals surface area contributed by atoms with E-state index in [0.717, 1.165) is 12.8 Å². The van der Waals surface area contributed by atoms with Crippen LogP contribution in [0.2, 0.25) is 0 Å². The van der Waals surface area contributed by atoms with Gasteiger partial charge in [-0.05, 0) is 24.8 Å². The molecule has 1 heterocycles. The van der Waals surface area contributed by atoms with Crippen molar-refractivity contribution in [3.8, 4) is 0 Å². The third-order valence-electron chi connectivity index (χ3n) is 3.83. The van der Waals surface area contributed by atoms with Crippen LogP contribution >= 0.6 is 0 Å². The minimum absolute atomic E-state index is 0.00503. The van der Waals surface area contributed by atoms with Gasteiger partial charge in [-0.1, -0.05) is 19.3 Å². The van der Waals surface area contributed by atoms with Crippen LogP contribution in [0.1, 0.15) is 52.8 Å². The number of aromatic carboxylic acids is 1. The van der Waals surface area contributed by atoms with Gasteiger partial charge in [-0.2, -0.15) is 0 Å². The smallest absolute Gasteiger partial charge is 0.337 e. The third-order valence-corrected chi connectivity index (χ3v) is 3.83. The highest BCUT2D eigenvalue weighted by molar-refractivity contribution is 5.96. The Morgan fingerprint density at radius 2 is 1.95 bits per heavy atom. The van der Waals surface area contributed by atoms with Gasteiger partial charge in [0.2, 0.25) is 0 Å². The fourth-order valence-electron chi connectivity index (χ4n) is 2.66. The first-order valence-corrected chi connectivity index (χ1v) is 7.16. The van der Waals surface area contributed by atoms with Crippen molar-refractivity contribution in [3.05, 3.63) is 29.6 Å². The molecule has 1 fully saturated rings. The molecule has 21 heavy (non-hydrogen) atoms. The molecule has 0 bridgehead atoms. The predicted octanol–water partition coefficient (Wildman–Crippen LogP) is 2.36. The van der Waals surface area contributed by atoms with Gasteiger partial charge in [0.25, 0.3) is 5.91 Å². The van der Waals surface area contributed by atoms with Crippen molar-refractivity contribution in [2.24, 2.45) is 5.92 Å². The van der Waals surface area contributed by atoms with Gasteiger partial charge in [-0.15, -0.1) is 0 Å². The van der Waals surface area contributed by atoms with Crippen LogP contribution in [0, 0.1) is 5.92 Å². The number of amides is 1. The molecule has 0 radical (unpaired) electrons. The SMILES string of the molecule is CON(CC1CCCCC1)C(=O)c1cncc(C(=O)O)c1. The van der Waals surface area contributed by atoms with E-state index < -0.39 is 5.97 Å². The number of aromatic nitrogens is 1. The number of nitrogens with zero attached hydrogens (tertiary/aromatic N) is 2. The second kappa shape index (κ2) is 7.17. The Labute approximate surface area is 123 Å². The lowest BCUT2D eigenvalue weighted by Gasteiger charge is -2.27. The molecule has 0 saturated heterocycles. The molecule has 6 nitrogen and oxygen atoms in total. The van der Waals surface area contributed by atoms with Crippen molar-refractivity contribution in [1.82, 2.24) is 10.0 Å². The molecule has 0 spiro atoms. The van der Waals surface area contributed by atoms with Gasteiger partial charge >= 0.3 is 5.97 Å². The van der Waals surface area contributed by atoms with E-state index in [0.29, 0.717) is 12.5 Å². The van der Waals surface area contributed by atoms with E-state index in [4.69, 9.17) is 9.94 Å². The minimum Gasteiger partial charge on any atom is -0.478 e. The number of rotatable bonds is 5. The van der Waals surface area contributed by atoms with E-state index in [-0.39, 0.29) is 17.0 Å². The number of carboxylic acids is 1. The normalized spacial score (nSPS) is 15.7. The van der Waals surface area contributed by atoms with Gasteiger partial charge in [0.1, 0.15) is 0 Å². The molecule has 1 aliphatic rings. The first-order chi connectivity index (χ1) is 10.1. The summed E-state index contributed by atoms with van der Waals surface area (Å²) in [6.07, 6.45) is 8.40. The van der Waals surface area contributed by atoms with Crippen LogP contribution in [0.4, 0.5) is 0 Å². The van der Waals surface area contributed by atoms with E-state index >= 15 is 0 Å². The van der Waals surface area contributed by atoms with Gasteiger partial charge in [0.05, 0.1) is 24.8 Å². The van der Waals surface area contributed by atoms with Crippen molar-refractivity contribution in [2.75, 3.05) is 13.7 Å². The summed E-state index contributed by atoms with van der Waals surface area (Å²) in [6, 6.07) is 1.32. The van der Waals surface area contributed by atoms with E-state index in [9.17, 15) is 9.59 Å². The molecule has 0 aliphatic heterocycles. The maximum absolute atomic E-state index is 12.4. The molecular weight excluding hydrogens is 272 g/mol. The largest absolute Gasteiger partial charge is 0.478 e. The van der Waals surface area contributed by atoms with E-state index in [1.807, 2.05) is 0 Å². The molecule has 1 aromatic heterocycles. The number of carboxylic acid groups (broad SMARTS) is 1. The van der Waals surface area contributed by atoms with Crippen LogP contribution in [0.25, 0.3) is 0 Å². The highest BCUT2D eigenvalue weighted by atomic mass is 16.7. The van der Waals surface area contributed by atoms with Crippen LogP contribution in [-0.4, -0.2) is 40.7 Å². The summed E-state index contributed by atoms with van der Waals surface area (Å²) < 4.78 is 0. The lowest BCUT2D eigenvalue weighted by Crippen LogP contribution is -2.35. The number of hydroxylamine groups is 2. The van der Waals surface area contributed by atoms with Gasteiger partial charge in [0.15, 0.2) is 0 Å². The number of hydrogen-bond acceptors (Lipinski definition) is 4. The third kappa shape index (κ3) is 4.01. The molecule has 2 rings (SSSR count). The molecule has 0 unspecified atom stereocenters. The summed E-state index contributed by atoms with van der Waals surface area (Å²) >= 11 is 0. The summed E-state index contributed by atoms with van der Waals surface area (Å²) in [5, 5.41) is 10.3. The number of hydrogen-bond donors (Lipinski definition) is 1. The zero-order valence-corrected chi connectivity index (χ0v) is 12.1. The summed E-state index contributed by atoms with van der Waals surface area (Å²) in [7, 11) is 1.45. The molecule has 1 N–H and O–H groups in total. The zero-order valence-electron chi connectivity index (χ0n) is 12.1. The average Bonchev–Trinajstić information content (AvgIpc) is 2.53. The van der Waals surface area contributed by atoms with Crippen LogP contribution in [0.3, 0.4) is 0 Å². The molecule has 114 valence electrons. The minimum atomic E-state index is -1.10. The van der Waals surface area contributed by atoms with Crippen LogP contribution in [0.15, 0.2) is 18.5 Å². The van der Waals surface area contributed by atoms with Gasteiger partial charge in [-0.25, -0.2) is 9.86 Å². The highest BCUT2D eigenvalue weighted by Crippen LogP contribution is 2.25. The Morgan fingerprint density at radius 3 is 2.57 bits per heavy atom. The molecule has 1 amide bonds. The fraction of sp³-hybridized carbons (Fsp3) is 0.533. The monoisotopic (exact) mass is 292 g/mol. The van der Waals surface area contributed by atoms with Crippen molar-refractivity contribution in [2.45, 2.75) is 32.1 Å². The summed E-state index contributed by atoms with van der Waals surface area (Å²) in [5.74, 6) is -1.01. The van der Waals surface area contributed by atoms with Crippen molar-refractivity contribution >= 4 is 11.9 Å². The Morgan fingerprint density at radius 1 is 1.29 bits per heavy atom. The van der Waals surface area contributed by atoms with E-state index in [2.05, 4.69) is 4.98 Å². The maximum Gasteiger partial charge on any atom is 0.337 e. The summed E-state index contributed by atoms with van der Waals surface area (Å²) in [5.41, 5.74) is 0.224. The average molecular weight is 292 g/mol. The van der Waals surface area contributed by atoms with E-state index in [1.54, 1.807) is 0 Å². The van der Waals surface area contributed by atoms with Gasteiger partial charge < -0.3 is 5.11 Å². The first kappa shape index (κ1) is 15.4. The van der Waals surface area contributed by atoms with Crippen LogP contribution in [-0.2, 0) is 4.84 Å². The van der Waals surface area contributed by atoms with Crippen LogP contribution < -0.4 is 0 Å². The second-order valence-corrected chi connectivity index (χ2v) is 5.32. The van der Waals surface area contributed by atoms with Crippen LogP contribution in [0.5, 0.6) is 0 Å². The molecule has 1 aromatic rings. The van der Waals surface area contributed by atoms with Crippen molar-refractivity contribution < 1.29 is 19.5 Å². The highest BCUT2D eigenvalue weighted by Gasteiger charge is 2.23. The molecule has 0 atom stereocenters. The quantitative estimate of drug-likeness (QED) is 0.843. The zero-order chi connectivity index (χ0) is 15.2. The van der Waals surface area contributed by atoms with Crippen molar-refractivity contribution in [3.63, 3.8) is 0 Å². The number of carbonyl (C=O) groups is 2. The first-order valence-electron chi connectivity index (χ1n) is 7.16. The second-order valence-electron chi connectivity index (χ2n) is 5.32. The standard InChI is InChI=1S/C15H20N2O4/c1-21-17(10-11-5-3-2-4-6-11)14(18)12-7-13(15(19)20)9-16-8-12/h7-9,11H,2-6,10H2,1H3,(H,19,20). The molecule has 1 aliphatic carbocycles. The fourth-order valence-corrected chi connectivity index (χ4v) is 2.66. The molecule has 0 aromatic carbocycles. The summed E-state index contributed by atoms with van der Waals surface area (Å²) in [6.45, 7) is 0.534. The Kier molecular flexibility index (Phi) is 5.27.